The standard InChI is InChI=1S/C11H15ClFN/c1-3-10(14-4-2)8-6-5-7-9(13)11(8)12/h5-7,10,14H,3-4H2,1-2H3. The van der Waals surface area contributed by atoms with Crippen molar-refractivity contribution >= 4 is 11.6 Å². The first-order chi connectivity index (χ1) is 6.70. The molecule has 0 amide bonds. The van der Waals surface area contributed by atoms with Crippen LogP contribution in [0.15, 0.2) is 18.2 Å². The van der Waals surface area contributed by atoms with Gasteiger partial charge in [-0.3, -0.25) is 0 Å². The summed E-state index contributed by atoms with van der Waals surface area (Å²) in [4.78, 5) is 0. The predicted molar refractivity (Wildman–Crippen MR) is 58.1 cm³/mol. The van der Waals surface area contributed by atoms with Gasteiger partial charge < -0.3 is 5.32 Å². The third-order valence-corrected chi connectivity index (χ3v) is 2.61. The van der Waals surface area contributed by atoms with Crippen LogP contribution in [0.3, 0.4) is 0 Å². The molecule has 1 N–H and O–H groups in total. The number of halogens is 2. The van der Waals surface area contributed by atoms with Crippen molar-refractivity contribution in [3.63, 3.8) is 0 Å². The number of hydrogen-bond donors (Lipinski definition) is 1. The second-order valence-corrected chi connectivity index (χ2v) is 3.54. The molecule has 0 aliphatic rings. The molecule has 78 valence electrons. The molecule has 0 heterocycles. The summed E-state index contributed by atoms with van der Waals surface area (Å²) in [7, 11) is 0. The lowest BCUT2D eigenvalue weighted by Gasteiger charge is -2.17. The Bertz CT molecular complexity index is 301. The van der Waals surface area contributed by atoms with Crippen molar-refractivity contribution < 1.29 is 4.39 Å². The first-order valence-electron chi connectivity index (χ1n) is 4.88. The van der Waals surface area contributed by atoms with Gasteiger partial charge in [0, 0.05) is 6.04 Å². The monoisotopic (exact) mass is 215 g/mol. The van der Waals surface area contributed by atoms with Gasteiger partial charge in [0.2, 0.25) is 0 Å². The molecule has 0 saturated carbocycles. The molecular weight excluding hydrogens is 201 g/mol. The van der Waals surface area contributed by atoms with Gasteiger partial charge in [0.25, 0.3) is 0 Å². The van der Waals surface area contributed by atoms with Crippen LogP contribution >= 0.6 is 11.6 Å². The smallest absolute Gasteiger partial charge is 0.142 e. The van der Waals surface area contributed by atoms with Crippen molar-refractivity contribution in [2.24, 2.45) is 0 Å². The number of hydrogen-bond acceptors (Lipinski definition) is 1. The van der Waals surface area contributed by atoms with Gasteiger partial charge in [-0.1, -0.05) is 37.6 Å². The minimum absolute atomic E-state index is 0.142. The molecule has 0 saturated heterocycles. The minimum Gasteiger partial charge on any atom is -0.310 e. The van der Waals surface area contributed by atoms with Crippen LogP contribution < -0.4 is 5.32 Å². The van der Waals surface area contributed by atoms with E-state index in [0.29, 0.717) is 0 Å². The molecule has 0 fully saturated rings. The molecule has 0 aliphatic carbocycles. The summed E-state index contributed by atoms with van der Waals surface area (Å²) < 4.78 is 13.2. The molecule has 0 spiro atoms. The fourth-order valence-corrected chi connectivity index (χ4v) is 1.77. The van der Waals surface area contributed by atoms with E-state index >= 15 is 0 Å². The third kappa shape index (κ3) is 2.46. The molecule has 0 aliphatic heterocycles. The van der Waals surface area contributed by atoms with E-state index in [1.54, 1.807) is 6.07 Å². The van der Waals surface area contributed by atoms with Gasteiger partial charge in [-0.15, -0.1) is 0 Å². The average Bonchev–Trinajstić information content (AvgIpc) is 2.19. The summed E-state index contributed by atoms with van der Waals surface area (Å²) >= 11 is 5.89. The van der Waals surface area contributed by atoms with Crippen LogP contribution in [0.25, 0.3) is 0 Å². The summed E-state index contributed by atoms with van der Waals surface area (Å²) in [6.45, 7) is 4.93. The second-order valence-electron chi connectivity index (χ2n) is 3.16. The van der Waals surface area contributed by atoms with E-state index in [-0.39, 0.29) is 16.9 Å². The fourth-order valence-electron chi connectivity index (χ4n) is 1.51. The number of rotatable bonds is 4. The average molecular weight is 216 g/mol. The molecule has 0 radical (unpaired) electrons. The molecule has 3 heteroatoms. The second kappa shape index (κ2) is 5.32. The Morgan fingerprint density at radius 3 is 2.71 bits per heavy atom. The molecule has 1 aromatic rings. The van der Waals surface area contributed by atoms with Gasteiger partial charge in [0.15, 0.2) is 0 Å². The molecular formula is C11H15ClFN. The van der Waals surface area contributed by atoms with Crippen LogP contribution in [0, 0.1) is 5.82 Å². The van der Waals surface area contributed by atoms with E-state index in [1.807, 2.05) is 13.0 Å². The Morgan fingerprint density at radius 1 is 1.43 bits per heavy atom. The Morgan fingerprint density at radius 2 is 2.14 bits per heavy atom. The topological polar surface area (TPSA) is 12.0 Å². The first kappa shape index (κ1) is 11.5. The van der Waals surface area contributed by atoms with Crippen molar-refractivity contribution in [1.82, 2.24) is 5.32 Å². The van der Waals surface area contributed by atoms with Gasteiger partial charge in [-0.2, -0.15) is 0 Å². The Labute approximate surface area is 89.3 Å². The quantitative estimate of drug-likeness (QED) is 0.810. The van der Waals surface area contributed by atoms with E-state index in [9.17, 15) is 4.39 Å². The van der Waals surface area contributed by atoms with E-state index in [0.717, 1.165) is 18.5 Å². The molecule has 1 rings (SSSR count). The highest BCUT2D eigenvalue weighted by Crippen LogP contribution is 2.27. The maximum Gasteiger partial charge on any atom is 0.142 e. The summed E-state index contributed by atoms with van der Waals surface area (Å²) in [5.74, 6) is -0.347. The summed E-state index contributed by atoms with van der Waals surface area (Å²) in [5.41, 5.74) is 0.844. The third-order valence-electron chi connectivity index (χ3n) is 2.22. The van der Waals surface area contributed by atoms with Crippen molar-refractivity contribution in [2.75, 3.05) is 6.54 Å². The minimum atomic E-state index is -0.347. The maximum absolute atomic E-state index is 13.2. The largest absolute Gasteiger partial charge is 0.310 e. The lowest BCUT2D eigenvalue weighted by molar-refractivity contribution is 0.531. The Hall–Kier alpha value is -0.600. The van der Waals surface area contributed by atoms with Crippen molar-refractivity contribution in [1.29, 1.82) is 0 Å². The summed E-state index contributed by atoms with van der Waals surface area (Å²) in [6.07, 6.45) is 0.900. The summed E-state index contributed by atoms with van der Waals surface area (Å²) in [5, 5.41) is 3.50. The highest BCUT2D eigenvalue weighted by atomic mass is 35.5. The zero-order valence-corrected chi connectivity index (χ0v) is 9.24. The van der Waals surface area contributed by atoms with Crippen molar-refractivity contribution in [2.45, 2.75) is 26.3 Å². The highest BCUT2D eigenvalue weighted by Gasteiger charge is 2.13. The lowest BCUT2D eigenvalue weighted by Crippen LogP contribution is -2.20. The van der Waals surface area contributed by atoms with Gasteiger partial charge >= 0.3 is 0 Å². The number of benzene rings is 1. The van der Waals surface area contributed by atoms with Crippen LogP contribution in [0.5, 0.6) is 0 Å². The van der Waals surface area contributed by atoms with Crippen LogP contribution in [0.1, 0.15) is 31.9 Å². The molecule has 0 aromatic heterocycles. The molecule has 1 unspecified atom stereocenters. The zero-order chi connectivity index (χ0) is 10.6. The van der Waals surface area contributed by atoms with E-state index in [4.69, 9.17) is 11.6 Å². The highest BCUT2D eigenvalue weighted by molar-refractivity contribution is 6.31. The van der Waals surface area contributed by atoms with Gasteiger partial charge in [0.1, 0.15) is 5.82 Å². The van der Waals surface area contributed by atoms with Crippen LogP contribution in [-0.2, 0) is 0 Å². The first-order valence-corrected chi connectivity index (χ1v) is 5.25. The maximum atomic E-state index is 13.2. The molecule has 1 nitrogen and oxygen atoms in total. The number of nitrogens with one attached hydrogen (secondary N) is 1. The molecule has 1 atom stereocenters. The van der Waals surface area contributed by atoms with Crippen LogP contribution in [0.2, 0.25) is 5.02 Å². The SMILES string of the molecule is CCNC(CC)c1cccc(F)c1Cl. The predicted octanol–water partition coefficient (Wildman–Crippen LogP) is 3.54. The van der Waals surface area contributed by atoms with Crippen LogP contribution in [0.4, 0.5) is 4.39 Å². The molecule has 1 aromatic carbocycles. The van der Waals surface area contributed by atoms with E-state index < -0.39 is 0 Å². The van der Waals surface area contributed by atoms with Crippen LogP contribution in [-0.4, -0.2) is 6.54 Å². The Kier molecular flexibility index (Phi) is 4.36. The summed E-state index contributed by atoms with van der Waals surface area (Å²) in [6, 6.07) is 5.08. The fraction of sp³-hybridized carbons (Fsp3) is 0.455. The van der Waals surface area contributed by atoms with Gasteiger partial charge in [0.05, 0.1) is 5.02 Å². The lowest BCUT2D eigenvalue weighted by atomic mass is 10.0. The van der Waals surface area contributed by atoms with E-state index in [2.05, 4.69) is 12.2 Å². The van der Waals surface area contributed by atoms with Gasteiger partial charge in [-0.25, -0.2) is 4.39 Å². The molecule has 0 bridgehead atoms. The van der Waals surface area contributed by atoms with Gasteiger partial charge in [-0.05, 0) is 24.6 Å². The van der Waals surface area contributed by atoms with Crippen molar-refractivity contribution in [3.8, 4) is 0 Å². The van der Waals surface area contributed by atoms with E-state index in [1.165, 1.54) is 6.07 Å². The molecule has 14 heavy (non-hydrogen) atoms. The Balaban J connectivity index is 2.97. The normalized spacial score (nSPS) is 12.9. The van der Waals surface area contributed by atoms with Crippen molar-refractivity contribution in [3.05, 3.63) is 34.6 Å². The zero-order valence-electron chi connectivity index (χ0n) is 8.48.